The zero-order valence-electron chi connectivity index (χ0n) is 18.8. The fraction of sp³-hybridized carbons (Fsp3) is 0.333. The standard InChI is InChI=1S/C27H31N3O2/c1-20-8-3-4-10-24(20)27(31)29-26(25-11-5-6-16-28-25)22-9-7-17-30(19-22)18-21-12-14-23(32-2)15-13-21/h3-6,8,10-16,22,26H,7,9,17-19H2,1-2H3,(H,29,31)/t22-,26-/m0/s1. The van der Waals surface area contributed by atoms with Crippen molar-refractivity contribution in [3.05, 3.63) is 95.3 Å². The molecule has 0 aliphatic carbocycles. The number of rotatable bonds is 7. The van der Waals surface area contributed by atoms with Crippen LogP contribution in [0.2, 0.25) is 0 Å². The second-order valence-corrected chi connectivity index (χ2v) is 8.51. The van der Waals surface area contributed by atoms with Crippen LogP contribution in [0.15, 0.2) is 72.9 Å². The highest BCUT2D eigenvalue weighted by Crippen LogP contribution is 2.30. The summed E-state index contributed by atoms with van der Waals surface area (Å²) in [6, 6.07) is 21.8. The van der Waals surface area contributed by atoms with E-state index in [9.17, 15) is 4.79 Å². The summed E-state index contributed by atoms with van der Waals surface area (Å²) in [7, 11) is 1.69. The summed E-state index contributed by atoms with van der Waals surface area (Å²) < 4.78 is 5.28. The average molecular weight is 430 g/mol. The smallest absolute Gasteiger partial charge is 0.252 e. The minimum atomic E-state index is -0.123. The molecule has 1 fully saturated rings. The first kappa shape index (κ1) is 22.0. The predicted molar refractivity (Wildman–Crippen MR) is 127 cm³/mol. The maximum Gasteiger partial charge on any atom is 0.252 e. The summed E-state index contributed by atoms with van der Waals surface area (Å²) >= 11 is 0. The molecule has 32 heavy (non-hydrogen) atoms. The topological polar surface area (TPSA) is 54.5 Å². The van der Waals surface area contributed by atoms with Crippen molar-refractivity contribution < 1.29 is 9.53 Å². The van der Waals surface area contributed by atoms with E-state index < -0.39 is 0 Å². The normalized spacial score (nSPS) is 17.5. The Hall–Kier alpha value is -3.18. The molecule has 3 aromatic rings. The van der Waals surface area contributed by atoms with Gasteiger partial charge in [0.1, 0.15) is 5.75 Å². The molecule has 0 unspecified atom stereocenters. The second kappa shape index (κ2) is 10.4. The molecular weight excluding hydrogens is 398 g/mol. The molecule has 1 amide bonds. The van der Waals surface area contributed by atoms with E-state index in [1.807, 2.05) is 61.5 Å². The number of pyridine rings is 1. The number of amides is 1. The molecule has 2 atom stereocenters. The second-order valence-electron chi connectivity index (χ2n) is 8.51. The van der Waals surface area contributed by atoms with Crippen LogP contribution in [0, 0.1) is 12.8 Å². The fourth-order valence-corrected chi connectivity index (χ4v) is 4.54. The molecule has 1 saturated heterocycles. The van der Waals surface area contributed by atoms with Crippen molar-refractivity contribution in [1.82, 2.24) is 15.2 Å². The number of aryl methyl sites for hydroxylation is 1. The van der Waals surface area contributed by atoms with Gasteiger partial charge in [-0.05, 0) is 73.7 Å². The van der Waals surface area contributed by atoms with Crippen molar-refractivity contribution in [2.75, 3.05) is 20.2 Å². The van der Waals surface area contributed by atoms with E-state index in [2.05, 4.69) is 27.3 Å². The van der Waals surface area contributed by atoms with Gasteiger partial charge in [-0.3, -0.25) is 14.7 Å². The lowest BCUT2D eigenvalue weighted by molar-refractivity contribution is 0.0874. The van der Waals surface area contributed by atoms with E-state index in [1.54, 1.807) is 13.3 Å². The number of carbonyl (C=O) groups excluding carboxylic acids is 1. The monoisotopic (exact) mass is 429 g/mol. The summed E-state index contributed by atoms with van der Waals surface area (Å²) in [4.78, 5) is 20.2. The quantitative estimate of drug-likeness (QED) is 0.587. The Balaban J connectivity index is 1.51. The van der Waals surface area contributed by atoms with Crippen LogP contribution >= 0.6 is 0 Å². The lowest BCUT2D eigenvalue weighted by Crippen LogP contribution is -2.43. The van der Waals surface area contributed by atoms with Crippen molar-refractivity contribution in [2.24, 2.45) is 5.92 Å². The number of likely N-dealkylation sites (tertiary alicyclic amines) is 1. The van der Waals surface area contributed by atoms with Gasteiger partial charge in [0.05, 0.1) is 18.8 Å². The number of carbonyl (C=O) groups is 1. The summed E-state index contributed by atoms with van der Waals surface area (Å²) in [5, 5.41) is 3.32. The lowest BCUT2D eigenvalue weighted by Gasteiger charge is -2.37. The zero-order chi connectivity index (χ0) is 22.3. The van der Waals surface area contributed by atoms with E-state index in [4.69, 9.17) is 4.74 Å². The van der Waals surface area contributed by atoms with E-state index in [-0.39, 0.29) is 11.9 Å². The van der Waals surface area contributed by atoms with Crippen molar-refractivity contribution in [3.63, 3.8) is 0 Å². The molecule has 5 nitrogen and oxygen atoms in total. The molecule has 1 aliphatic rings. The number of hydrogen-bond donors (Lipinski definition) is 1. The van der Waals surface area contributed by atoms with Crippen molar-refractivity contribution >= 4 is 5.91 Å². The largest absolute Gasteiger partial charge is 0.497 e. The van der Waals surface area contributed by atoms with Gasteiger partial charge in [-0.15, -0.1) is 0 Å². The van der Waals surface area contributed by atoms with E-state index in [0.717, 1.165) is 55.0 Å². The van der Waals surface area contributed by atoms with Gasteiger partial charge in [-0.25, -0.2) is 0 Å². The summed E-state index contributed by atoms with van der Waals surface area (Å²) in [6.07, 6.45) is 3.97. The van der Waals surface area contributed by atoms with Crippen LogP contribution in [0.1, 0.15) is 46.1 Å². The first-order valence-electron chi connectivity index (χ1n) is 11.3. The van der Waals surface area contributed by atoms with Gasteiger partial charge in [0.2, 0.25) is 0 Å². The Labute approximate surface area is 190 Å². The number of nitrogens with zero attached hydrogens (tertiary/aromatic N) is 2. The van der Waals surface area contributed by atoms with Crippen LogP contribution < -0.4 is 10.1 Å². The van der Waals surface area contributed by atoms with Crippen molar-refractivity contribution in [2.45, 2.75) is 32.4 Å². The minimum Gasteiger partial charge on any atom is -0.497 e. The van der Waals surface area contributed by atoms with Gasteiger partial charge in [0.25, 0.3) is 5.91 Å². The Morgan fingerprint density at radius 3 is 2.62 bits per heavy atom. The molecular formula is C27H31N3O2. The predicted octanol–water partition coefficient (Wildman–Crippen LogP) is 4.78. The number of ether oxygens (including phenoxy) is 1. The first-order valence-corrected chi connectivity index (χ1v) is 11.3. The Morgan fingerprint density at radius 1 is 1.12 bits per heavy atom. The Kier molecular flexibility index (Phi) is 7.17. The third kappa shape index (κ3) is 5.35. The molecule has 0 spiro atoms. The number of benzene rings is 2. The van der Waals surface area contributed by atoms with Crippen LogP contribution in [0.25, 0.3) is 0 Å². The minimum absolute atomic E-state index is 0.0361. The van der Waals surface area contributed by atoms with E-state index in [1.165, 1.54) is 5.56 Å². The molecule has 0 bridgehead atoms. The van der Waals surface area contributed by atoms with Gasteiger partial charge in [0.15, 0.2) is 0 Å². The maximum absolute atomic E-state index is 13.2. The molecule has 1 N–H and O–H groups in total. The molecule has 0 saturated carbocycles. The van der Waals surface area contributed by atoms with Crippen LogP contribution in [0.3, 0.4) is 0 Å². The van der Waals surface area contributed by atoms with Crippen LogP contribution in [-0.2, 0) is 6.54 Å². The zero-order valence-corrected chi connectivity index (χ0v) is 18.8. The highest BCUT2D eigenvalue weighted by atomic mass is 16.5. The molecule has 1 aliphatic heterocycles. The van der Waals surface area contributed by atoms with E-state index >= 15 is 0 Å². The summed E-state index contributed by atoms with van der Waals surface area (Å²) in [6.45, 7) is 4.84. The average Bonchev–Trinajstić information content (AvgIpc) is 2.84. The molecule has 4 rings (SSSR count). The van der Waals surface area contributed by atoms with E-state index in [0.29, 0.717) is 5.92 Å². The maximum atomic E-state index is 13.2. The van der Waals surface area contributed by atoms with Gasteiger partial charge >= 0.3 is 0 Å². The third-order valence-corrected chi connectivity index (χ3v) is 6.26. The van der Waals surface area contributed by atoms with Crippen LogP contribution in [0.4, 0.5) is 0 Å². The molecule has 5 heteroatoms. The number of methoxy groups -OCH3 is 1. The van der Waals surface area contributed by atoms with Crippen LogP contribution in [0.5, 0.6) is 5.75 Å². The summed E-state index contributed by atoms with van der Waals surface area (Å²) in [5.74, 6) is 1.13. The molecule has 166 valence electrons. The van der Waals surface area contributed by atoms with Crippen molar-refractivity contribution in [1.29, 1.82) is 0 Å². The van der Waals surface area contributed by atoms with Crippen molar-refractivity contribution in [3.8, 4) is 5.75 Å². The lowest BCUT2D eigenvalue weighted by atomic mass is 9.88. The fourth-order valence-electron chi connectivity index (χ4n) is 4.54. The summed E-state index contributed by atoms with van der Waals surface area (Å²) in [5.41, 5.74) is 3.89. The molecule has 1 aromatic heterocycles. The Morgan fingerprint density at radius 2 is 1.91 bits per heavy atom. The molecule has 2 aromatic carbocycles. The Bertz CT molecular complexity index is 1020. The number of aromatic nitrogens is 1. The first-order chi connectivity index (χ1) is 15.6. The van der Waals surface area contributed by atoms with Gasteiger partial charge in [-0.1, -0.05) is 36.4 Å². The van der Waals surface area contributed by atoms with Gasteiger partial charge < -0.3 is 10.1 Å². The van der Waals surface area contributed by atoms with Gasteiger partial charge in [0, 0.05) is 24.8 Å². The number of hydrogen-bond acceptors (Lipinski definition) is 4. The van der Waals surface area contributed by atoms with Crippen LogP contribution in [-0.4, -0.2) is 36.0 Å². The highest BCUT2D eigenvalue weighted by molar-refractivity contribution is 5.95. The number of piperidine rings is 1. The SMILES string of the molecule is COc1ccc(CN2CCC[C@H]([C@H](NC(=O)c3ccccc3C)c3ccccn3)C2)cc1. The van der Waals surface area contributed by atoms with Gasteiger partial charge in [-0.2, -0.15) is 0 Å². The highest BCUT2D eigenvalue weighted by Gasteiger charge is 2.31. The molecule has 0 radical (unpaired) electrons. The molecule has 2 heterocycles. The third-order valence-electron chi connectivity index (χ3n) is 6.26. The number of nitrogens with one attached hydrogen (secondary N) is 1.